The summed E-state index contributed by atoms with van der Waals surface area (Å²) in [6.45, 7) is 0.714. The van der Waals surface area contributed by atoms with Crippen molar-refractivity contribution in [1.82, 2.24) is 9.88 Å². The molecule has 1 heterocycles. The molecule has 3 aromatic carbocycles. The molecule has 0 saturated heterocycles. The van der Waals surface area contributed by atoms with Crippen LogP contribution >= 0.6 is 0 Å². The minimum Gasteiger partial charge on any atom is -0.497 e. The zero-order valence-corrected chi connectivity index (χ0v) is 20.2. The van der Waals surface area contributed by atoms with Crippen molar-refractivity contribution in [3.8, 4) is 11.6 Å². The molecule has 5 heteroatoms. The third kappa shape index (κ3) is 4.76. The van der Waals surface area contributed by atoms with Gasteiger partial charge in [-0.2, -0.15) is 0 Å². The van der Waals surface area contributed by atoms with Crippen molar-refractivity contribution in [3.05, 3.63) is 102 Å². The Hall–Kier alpha value is -3.41. The Labute approximate surface area is 201 Å². The molecule has 0 unspecified atom stereocenters. The van der Waals surface area contributed by atoms with E-state index in [0.717, 1.165) is 33.3 Å². The maximum absolute atomic E-state index is 12.6. The van der Waals surface area contributed by atoms with Gasteiger partial charge in [0.2, 0.25) is 5.88 Å². The summed E-state index contributed by atoms with van der Waals surface area (Å²) in [6, 6.07) is 27.9. The third-order valence-corrected chi connectivity index (χ3v) is 6.34. The van der Waals surface area contributed by atoms with Crippen molar-refractivity contribution in [1.29, 1.82) is 0 Å². The normalized spacial score (nSPS) is 14.1. The van der Waals surface area contributed by atoms with E-state index in [1.54, 1.807) is 14.2 Å². The summed E-state index contributed by atoms with van der Waals surface area (Å²) in [5.41, 5.74) is 2.30. The van der Waals surface area contributed by atoms with Crippen molar-refractivity contribution < 1.29 is 14.6 Å². The standard InChI is InChI=1S/C29H32N2O3/c1-31(2)18-17-29(32,23-13-9-6-10-14-23)27(21-11-7-5-8-12-21)25-20-22-19-24(33-3)15-16-26(22)30-28(25)34-4/h5-16,19-20,27,32H,17-18H2,1-4H3/t27-,29+/m1/s1. The number of nitrogens with zero attached hydrogens (tertiary/aromatic N) is 2. The first-order valence-corrected chi connectivity index (χ1v) is 11.5. The Balaban J connectivity index is 2.00. The first-order valence-electron chi connectivity index (χ1n) is 11.5. The molecule has 0 amide bonds. The van der Waals surface area contributed by atoms with Crippen LogP contribution in [0.2, 0.25) is 0 Å². The summed E-state index contributed by atoms with van der Waals surface area (Å²) >= 11 is 0. The maximum Gasteiger partial charge on any atom is 0.217 e. The molecular formula is C29H32N2O3. The lowest BCUT2D eigenvalue weighted by atomic mass is 9.71. The molecule has 34 heavy (non-hydrogen) atoms. The summed E-state index contributed by atoms with van der Waals surface area (Å²) in [5, 5.41) is 13.5. The second-order valence-corrected chi connectivity index (χ2v) is 8.83. The summed E-state index contributed by atoms with van der Waals surface area (Å²) in [4.78, 5) is 6.91. The van der Waals surface area contributed by atoms with Gasteiger partial charge >= 0.3 is 0 Å². The number of fused-ring (bicyclic) bond motifs is 1. The molecule has 0 aliphatic heterocycles. The molecule has 0 saturated carbocycles. The summed E-state index contributed by atoms with van der Waals surface area (Å²) < 4.78 is 11.3. The number of benzene rings is 3. The van der Waals surface area contributed by atoms with Gasteiger partial charge in [0, 0.05) is 23.4 Å². The number of pyridine rings is 1. The van der Waals surface area contributed by atoms with Crippen molar-refractivity contribution in [2.75, 3.05) is 34.9 Å². The molecule has 2 atom stereocenters. The van der Waals surface area contributed by atoms with Gasteiger partial charge in [0.15, 0.2) is 0 Å². The first kappa shape index (κ1) is 23.7. The highest BCUT2D eigenvalue weighted by Gasteiger charge is 2.42. The van der Waals surface area contributed by atoms with Gasteiger partial charge in [0.25, 0.3) is 0 Å². The van der Waals surface area contributed by atoms with Crippen LogP contribution in [0.25, 0.3) is 10.9 Å². The van der Waals surface area contributed by atoms with Crippen molar-refractivity contribution >= 4 is 10.9 Å². The molecule has 0 spiro atoms. The van der Waals surface area contributed by atoms with Gasteiger partial charge in [0.05, 0.1) is 19.7 Å². The molecular weight excluding hydrogens is 424 g/mol. The highest BCUT2D eigenvalue weighted by molar-refractivity contribution is 5.82. The van der Waals surface area contributed by atoms with Gasteiger partial charge in [-0.05, 0) is 55.9 Å². The Kier molecular flexibility index (Phi) is 7.15. The SMILES string of the molecule is COc1ccc2nc(OC)c([C@@H](c3ccccc3)[C@](O)(CCN(C)C)c3ccccc3)cc2c1. The lowest BCUT2D eigenvalue weighted by Gasteiger charge is -2.39. The van der Waals surface area contributed by atoms with Gasteiger partial charge in [-0.3, -0.25) is 0 Å². The van der Waals surface area contributed by atoms with Crippen LogP contribution in [0, 0.1) is 0 Å². The van der Waals surface area contributed by atoms with Crippen LogP contribution in [0.1, 0.15) is 29.0 Å². The van der Waals surface area contributed by atoms with Crippen LogP contribution in [0.5, 0.6) is 11.6 Å². The lowest BCUT2D eigenvalue weighted by Crippen LogP contribution is -2.37. The molecule has 4 aromatic rings. The highest BCUT2D eigenvalue weighted by atomic mass is 16.5. The van der Waals surface area contributed by atoms with Crippen molar-refractivity contribution in [3.63, 3.8) is 0 Å². The summed E-state index contributed by atoms with van der Waals surface area (Å²) in [6.07, 6.45) is 0.531. The molecule has 5 nitrogen and oxygen atoms in total. The smallest absolute Gasteiger partial charge is 0.217 e. The van der Waals surface area contributed by atoms with E-state index in [4.69, 9.17) is 14.5 Å². The number of hydrogen-bond donors (Lipinski definition) is 1. The molecule has 0 bridgehead atoms. The number of aliphatic hydroxyl groups is 1. The number of aromatic nitrogens is 1. The van der Waals surface area contributed by atoms with E-state index in [1.165, 1.54) is 0 Å². The van der Waals surface area contributed by atoms with Crippen LogP contribution in [-0.4, -0.2) is 49.9 Å². The third-order valence-electron chi connectivity index (χ3n) is 6.34. The minimum absolute atomic E-state index is 0.408. The van der Waals surface area contributed by atoms with E-state index in [0.29, 0.717) is 18.8 Å². The first-order chi connectivity index (χ1) is 16.5. The van der Waals surface area contributed by atoms with E-state index in [-0.39, 0.29) is 0 Å². The Morgan fingerprint density at radius 3 is 2.18 bits per heavy atom. The van der Waals surface area contributed by atoms with Gasteiger partial charge in [0.1, 0.15) is 11.4 Å². The molecule has 4 rings (SSSR count). The summed E-state index contributed by atoms with van der Waals surface area (Å²) in [7, 11) is 7.33. The Bertz CT molecular complexity index is 1230. The van der Waals surface area contributed by atoms with Crippen LogP contribution < -0.4 is 9.47 Å². The number of hydrogen-bond acceptors (Lipinski definition) is 5. The maximum atomic E-state index is 12.6. The fourth-order valence-electron chi connectivity index (χ4n) is 4.58. The predicted molar refractivity (Wildman–Crippen MR) is 137 cm³/mol. The van der Waals surface area contributed by atoms with Gasteiger partial charge in [-0.15, -0.1) is 0 Å². The minimum atomic E-state index is -1.20. The Morgan fingerprint density at radius 2 is 1.56 bits per heavy atom. The monoisotopic (exact) mass is 456 g/mol. The van der Waals surface area contributed by atoms with Gasteiger partial charge in [-0.1, -0.05) is 60.7 Å². The quantitative estimate of drug-likeness (QED) is 0.374. The van der Waals surface area contributed by atoms with Crippen LogP contribution in [0.3, 0.4) is 0 Å². The second-order valence-electron chi connectivity index (χ2n) is 8.83. The molecule has 0 aliphatic carbocycles. The predicted octanol–water partition coefficient (Wildman–Crippen LogP) is 5.22. The van der Waals surface area contributed by atoms with Gasteiger partial charge in [-0.25, -0.2) is 4.98 Å². The van der Waals surface area contributed by atoms with Crippen LogP contribution in [-0.2, 0) is 5.60 Å². The van der Waals surface area contributed by atoms with Crippen LogP contribution in [0.15, 0.2) is 84.9 Å². The van der Waals surface area contributed by atoms with Crippen molar-refractivity contribution in [2.24, 2.45) is 0 Å². The van der Waals surface area contributed by atoms with E-state index in [2.05, 4.69) is 23.1 Å². The lowest BCUT2D eigenvalue weighted by molar-refractivity contribution is 0.00380. The average molecular weight is 457 g/mol. The zero-order valence-electron chi connectivity index (χ0n) is 20.2. The summed E-state index contributed by atoms with van der Waals surface area (Å²) in [5.74, 6) is 0.854. The van der Waals surface area contributed by atoms with Crippen LogP contribution in [0.4, 0.5) is 0 Å². The van der Waals surface area contributed by atoms with E-state index in [1.807, 2.05) is 80.8 Å². The molecule has 176 valence electrons. The number of methoxy groups -OCH3 is 2. The Morgan fingerprint density at radius 1 is 0.882 bits per heavy atom. The molecule has 0 fully saturated rings. The van der Waals surface area contributed by atoms with E-state index >= 15 is 0 Å². The van der Waals surface area contributed by atoms with E-state index < -0.39 is 11.5 Å². The largest absolute Gasteiger partial charge is 0.497 e. The fourth-order valence-corrected chi connectivity index (χ4v) is 4.58. The topological polar surface area (TPSA) is 54.8 Å². The number of rotatable bonds is 9. The zero-order chi connectivity index (χ0) is 24.1. The van der Waals surface area contributed by atoms with E-state index in [9.17, 15) is 5.11 Å². The van der Waals surface area contributed by atoms with Gasteiger partial charge < -0.3 is 19.5 Å². The molecule has 1 N–H and O–H groups in total. The fraction of sp³-hybridized carbons (Fsp3) is 0.276. The molecule has 0 aliphatic rings. The number of ether oxygens (including phenoxy) is 2. The average Bonchev–Trinajstić information content (AvgIpc) is 2.88. The molecule has 0 radical (unpaired) electrons. The van der Waals surface area contributed by atoms with Crippen molar-refractivity contribution in [2.45, 2.75) is 17.9 Å². The molecule has 1 aromatic heterocycles. The highest BCUT2D eigenvalue weighted by Crippen LogP contribution is 2.47. The second kappa shape index (κ2) is 10.2.